The minimum Gasteiger partial charge on any atom is -0.351 e. The van der Waals surface area contributed by atoms with Crippen LogP contribution in [-0.2, 0) is 11.2 Å². The number of nitrogens with one attached hydrogen (secondary N) is 1. The second-order valence-electron chi connectivity index (χ2n) is 9.48. The van der Waals surface area contributed by atoms with Gasteiger partial charge in [-0.05, 0) is 62.3 Å². The van der Waals surface area contributed by atoms with Crippen molar-refractivity contribution < 1.29 is 9.59 Å². The van der Waals surface area contributed by atoms with E-state index in [1.54, 1.807) is 0 Å². The second kappa shape index (κ2) is 10.6. The predicted octanol–water partition coefficient (Wildman–Crippen LogP) is 2.25. The summed E-state index contributed by atoms with van der Waals surface area (Å²) in [7, 11) is 0. The first kappa shape index (κ1) is 22.3. The lowest BCUT2D eigenvalue weighted by atomic mass is 9.89. The van der Waals surface area contributed by atoms with Gasteiger partial charge in [-0.15, -0.1) is 0 Å². The van der Waals surface area contributed by atoms with Crippen LogP contribution in [0.4, 0.5) is 0 Å². The third kappa shape index (κ3) is 6.30. The molecule has 0 atom stereocenters. The van der Waals surface area contributed by atoms with E-state index in [2.05, 4.69) is 39.1 Å². The van der Waals surface area contributed by atoms with Crippen LogP contribution >= 0.6 is 0 Å². The number of piperazine rings is 1. The minimum absolute atomic E-state index is 0.0191. The zero-order valence-electron chi connectivity index (χ0n) is 19.0. The molecule has 2 aliphatic heterocycles. The normalized spacial score (nSPS) is 21.3. The molecule has 1 N–H and O–H groups in total. The molecule has 2 amide bonds. The number of rotatable bonds is 8. The largest absolute Gasteiger partial charge is 0.351 e. The van der Waals surface area contributed by atoms with Crippen LogP contribution in [0.3, 0.4) is 0 Å². The van der Waals surface area contributed by atoms with Crippen LogP contribution in [0.1, 0.15) is 48.5 Å². The van der Waals surface area contributed by atoms with Crippen LogP contribution in [0.15, 0.2) is 24.3 Å². The third-order valence-electron chi connectivity index (χ3n) is 7.22. The van der Waals surface area contributed by atoms with Gasteiger partial charge in [-0.25, -0.2) is 0 Å². The number of carbonyl (C=O) groups is 2. The van der Waals surface area contributed by atoms with Crippen molar-refractivity contribution in [3.8, 4) is 0 Å². The number of likely N-dealkylation sites (tertiary alicyclic amines) is 1. The zero-order valence-corrected chi connectivity index (χ0v) is 19.0. The lowest BCUT2D eigenvalue weighted by Crippen LogP contribution is -2.48. The molecule has 170 valence electrons. The Bertz CT molecular complexity index is 730. The summed E-state index contributed by atoms with van der Waals surface area (Å²) in [6.07, 6.45) is 5.40. The summed E-state index contributed by atoms with van der Waals surface area (Å²) in [6, 6.07) is 8.11. The van der Waals surface area contributed by atoms with Crippen molar-refractivity contribution in [1.82, 2.24) is 20.0 Å². The number of piperidine rings is 1. The Labute approximate surface area is 187 Å². The number of hydrogen-bond acceptors (Lipinski definition) is 4. The first-order chi connectivity index (χ1) is 15.1. The summed E-state index contributed by atoms with van der Waals surface area (Å²) in [5.74, 6) is 1.38. The number of likely N-dealkylation sites (N-methyl/N-ethyl adjacent to an activating group) is 1. The number of benzene rings is 1. The molecule has 4 rings (SSSR count). The van der Waals surface area contributed by atoms with Gasteiger partial charge in [0.05, 0.1) is 0 Å². The lowest BCUT2D eigenvalue weighted by Gasteiger charge is -2.33. The van der Waals surface area contributed by atoms with Gasteiger partial charge in [-0.2, -0.15) is 0 Å². The number of amides is 2. The van der Waals surface area contributed by atoms with Crippen molar-refractivity contribution in [3.63, 3.8) is 0 Å². The Hall–Kier alpha value is -1.92. The molecule has 0 radical (unpaired) electrons. The molecule has 31 heavy (non-hydrogen) atoms. The van der Waals surface area contributed by atoms with E-state index in [-0.39, 0.29) is 5.91 Å². The molecule has 2 heterocycles. The maximum Gasteiger partial charge on any atom is 0.251 e. The van der Waals surface area contributed by atoms with E-state index >= 15 is 0 Å². The van der Waals surface area contributed by atoms with E-state index in [0.717, 1.165) is 90.0 Å². The quantitative estimate of drug-likeness (QED) is 0.693. The van der Waals surface area contributed by atoms with Crippen LogP contribution in [0.2, 0.25) is 0 Å². The highest BCUT2D eigenvalue weighted by Crippen LogP contribution is 2.32. The average molecular weight is 427 g/mol. The van der Waals surface area contributed by atoms with Crippen LogP contribution in [-0.4, -0.2) is 85.4 Å². The Morgan fingerprint density at radius 3 is 2.16 bits per heavy atom. The van der Waals surface area contributed by atoms with Crippen LogP contribution < -0.4 is 5.32 Å². The predicted molar refractivity (Wildman–Crippen MR) is 123 cm³/mol. The van der Waals surface area contributed by atoms with Crippen molar-refractivity contribution in [2.75, 3.05) is 58.9 Å². The van der Waals surface area contributed by atoms with E-state index in [4.69, 9.17) is 0 Å². The smallest absolute Gasteiger partial charge is 0.251 e. The molecule has 1 saturated carbocycles. The highest BCUT2D eigenvalue weighted by molar-refractivity contribution is 5.94. The molecular weight excluding hydrogens is 388 g/mol. The molecule has 1 aromatic carbocycles. The fraction of sp³-hybridized carbons (Fsp3) is 0.680. The zero-order chi connectivity index (χ0) is 21.6. The van der Waals surface area contributed by atoms with Gasteiger partial charge in [-0.3, -0.25) is 14.5 Å². The Morgan fingerprint density at radius 2 is 1.55 bits per heavy atom. The van der Waals surface area contributed by atoms with E-state index in [1.807, 2.05) is 12.1 Å². The summed E-state index contributed by atoms with van der Waals surface area (Å²) >= 11 is 0. The maximum atomic E-state index is 12.5. The molecule has 2 saturated heterocycles. The molecule has 0 spiro atoms. The van der Waals surface area contributed by atoms with Crippen LogP contribution in [0.5, 0.6) is 0 Å². The summed E-state index contributed by atoms with van der Waals surface area (Å²) < 4.78 is 0. The fourth-order valence-corrected chi connectivity index (χ4v) is 4.83. The van der Waals surface area contributed by atoms with Gasteiger partial charge in [0.1, 0.15) is 0 Å². The number of hydrogen-bond donors (Lipinski definition) is 1. The van der Waals surface area contributed by atoms with Crippen molar-refractivity contribution in [3.05, 3.63) is 35.4 Å². The Kier molecular flexibility index (Phi) is 7.62. The Morgan fingerprint density at radius 1 is 0.903 bits per heavy atom. The standard InChI is InChI=1S/C25H38N4O2/c1-2-27-15-17-28(18-16-27)14-11-26-24(30)22-5-3-20(4-6-22)19-21-9-12-29(13-10-21)25(31)23-7-8-23/h3-6,21,23H,2,7-19H2,1H3,(H,26,30). The molecule has 0 unspecified atom stereocenters. The second-order valence-corrected chi connectivity index (χ2v) is 9.48. The van der Waals surface area contributed by atoms with Gasteiger partial charge in [0.2, 0.25) is 5.91 Å². The molecular formula is C25H38N4O2. The molecule has 6 nitrogen and oxygen atoms in total. The third-order valence-corrected chi connectivity index (χ3v) is 7.22. The van der Waals surface area contributed by atoms with Gasteiger partial charge in [0.25, 0.3) is 5.91 Å². The van der Waals surface area contributed by atoms with Crippen LogP contribution in [0, 0.1) is 11.8 Å². The van der Waals surface area contributed by atoms with E-state index in [9.17, 15) is 9.59 Å². The van der Waals surface area contributed by atoms with E-state index < -0.39 is 0 Å². The summed E-state index contributed by atoms with van der Waals surface area (Å²) in [5, 5.41) is 3.07. The number of carbonyl (C=O) groups excluding carboxylic acids is 2. The van der Waals surface area contributed by atoms with Crippen molar-refractivity contribution >= 4 is 11.8 Å². The first-order valence-electron chi connectivity index (χ1n) is 12.2. The summed E-state index contributed by atoms with van der Waals surface area (Å²) in [6.45, 7) is 11.2. The molecule has 0 bridgehead atoms. The lowest BCUT2D eigenvalue weighted by molar-refractivity contribution is -0.133. The molecule has 3 fully saturated rings. The molecule has 6 heteroatoms. The molecule has 1 aliphatic carbocycles. The minimum atomic E-state index is 0.0191. The highest BCUT2D eigenvalue weighted by atomic mass is 16.2. The topological polar surface area (TPSA) is 55.9 Å². The monoisotopic (exact) mass is 426 g/mol. The average Bonchev–Trinajstić information content (AvgIpc) is 3.65. The van der Waals surface area contributed by atoms with Crippen LogP contribution in [0.25, 0.3) is 0 Å². The first-order valence-corrected chi connectivity index (χ1v) is 12.2. The van der Waals surface area contributed by atoms with Gasteiger partial charge < -0.3 is 15.1 Å². The Balaban J connectivity index is 1.15. The summed E-state index contributed by atoms with van der Waals surface area (Å²) in [4.78, 5) is 31.6. The van der Waals surface area contributed by atoms with Gasteiger partial charge in [0.15, 0.2) is 0 Å². The molecule has 1 aromatic rings. The van der Waals surface area contributed by atoms with E-state index in [1.165, 1.54) is 5.56 Å². The van der Waals surface area contributed by atoms with Crippen molar-refractivity contribution in [2.45, 2.75) is 39.0 Å². The number of nitrogens with zero attached hydrogens (tertiary/aromatic N) is 3. The van der Waals surface area contributed by atoms with Crippen molar-refractivity contribution in [1.29, 1.82) is 0 Å². The highest BCUT2D eigenvalue weighted by Gasteiger charge is 2.34. The van der Waals surface area contributed by atoms with Gasteiger partial charge in [0, 0.05) is 63.8 Å². The fourth-order valence-electron chi connectivity index (χ4n) is 4.83. The SMILES string of the molecule is CCN1CCN(CCNC(=O)c2ccc(CC3CCN(C(=O)C4CC4)CC3)cc2)CC1. The summed E-state index contributed by atoms with van der Waals surface area (Å²) in [5.41, 5.74) is 2.03. The molecule has 0 aromatic heterocycles. The van der Waals surface area contributed by atoms with Gasteiger partial charge >= 0.3 is 0 Å². The van der Waals surface area contributed by atoms with Gasteiger partial charge in [-0.1, -0.05) is 19.1 Å². The van der Waals surface area contributed by atoms with E-state index in [0.29, 0.717) is 24.3 Å². The molecule has 3 aliphatic rings. The van der Waals surface area contributed by atoms with Crippen molar-refractivity contribution in [2.24, 2.45) is 11.8 Å². The maximum absolute atomic E-state index is 12.5.